The summed E-state index contributed by atoms with van der Waals surface area (Å²) in [5, 5.41) is 30.6. The van der Waals surface area contributed by atoms with Gasteiger partial charge in [-0.25, -0.2) is 4.79 Å². The summed E-state index contributed by atoms with van der Waals surface area (Å²) < 4.78 is 10.1. The van der Waals surface area contributed by atoms with Gasteiger partial charge in [0.15, 0.2) is 11.5 Å². The smallest absolute Gasteiger partial charge is 0.335 e. The van der Waals surface area contributed by atoms with Gasteiger partial charge in [0, 0.05) is 5.69 Å². The minimum Gasteiger partial charge on any atom is -0.502 e. The molecule has 0 heterocycles. The molecule has 0 bridgehead atoms. The summed E-state index contributed by atoms with van der Waals surface area (Å²) in [4.78, 5) is 23.2. The summed E-state index contributed by atoms with van der Waals surface area (Å²) in [5.74, 6) is -1.70. The third-order valence-corrected chi connectivity index (χ3v) is 3.57. The number of amides is 1. The molecule has 0 saturated carbocycles. The number of hydrogen-bond acceptors (Lipinski definition) is 6. The van der Waals surface area contributed by atoms with E-state index >= 15 is 0 Å². The number of benzene rings is 2. The van der Waals surface area contributed by atoms with E-state index in [1.807, 2.05) is 0 Å². The van der Waals surface area contributed by atoms with Crippen molar-refractivity contribution in [2.75, 3.05) is 19.5 Å². The molecule has 0 aliphatic heterocycles. The number of nitrogens with zero attached hydrogens (tertiary/aromatic N) is 1. The van der Waals surface area contributed by atoms with Gasteiger partial charge in [-0.1, -0.05) is 0 Å². The molecule has 2 aromatic carbocycles. The average molecular weight is 368 g/mol. The van der Waals surface area contributed by atoms with E-state index in [1.165, 1.54) is 56.7 Å². The predicted molar refractivity (Wildman–Crippen MR) is 96.8 cm³/mol. The minimum atomic E-state index is -1.08. The van der Waals surface area contributed by atoms with Crippen LogP contribution in [-0.4, -0.2) is 36.3 Å². The first-order valence-corrected chi connectivity index (χ1v) is 7.61. The highest BCUT2D eigenvalue weighted by molar-refractivity contribution is 6.09. The molecule has 0 unspecified atom stereocenters. The van der Waals surface area contributed by atoms with Gasteiger partial charge in [-0.05, 0) is 48.0 Å². The number of phenolic OH excluding ortho intramolecular Hbond substituents is 1. The van der Waals surface area contributed by atoms with E-state index in [1.54, 1.807) is 6.07 Å². The van der Waals surface area contributed by atoms with Crippen LogP contribution in [0.1, 0.15) is 15.9 Å². The van der Waals surface area contributed by atoms with Crippen LogP contribution in [0.15, 0.2) is 42.0 Å². The molecular weight excluding hydrogens is 352 g/mol. The van der Waals surface area contributed by atoms with Crippen molar-refractivity contribution in [2.45, 2.75) is 0 Å². The molecular formula is C19H16N2O6. The fourth-order valence-electron chi connectivity index (χ4n) is 2.21. The number of phenols is 1. The van der Waals surface area contributed by atoms with Crippen LogP contribution in [0.5, 0.6) is 17.2 Å². The van der Waals surface area contributed by atoms with E-state index < -0.39 is 11.9 Å². The van der Waals surface area contributed by atoms with Crippen LogP contribution in [0, 0.1) is 11.3 Å². The number of aromatic carboxylic acids is 1. The van der Waals surface area contributed by atoms with Crippen LogP contribution in [0.4, 0.5) is 5.69 Å². The number of carboxylic acids is 1. The molecule has 0 atom stereocenters. The lowest BCUT2D eigenvalue weighted by Crippen LogP contribution is -2.13. The Morgan fingerprint density at radius 2 is 1.67 bits per heavy atom. The molecule has 2 rings (SSSR count). The number of anilines is 1. The van der Waals surface area contributed by atoms with Crippen LogP contribution in [0.2, 0.25) is 0 Å². The van der Waals surface area contributed by atoms with E-state index in [9.17, 15) is 20.0 Å². The van der Waals surface area contributed by atoms with Crippen LogP contribution < -0.4 is 14.8 Å². The normalized spacial score (nSPS) is 10.6. The Bertz CT molecular complexity index is 917. The Morgan fingerprint density at radius 1 is 1.11 bits per heavy atom. The van der Waals surface area contributed by atoms with Crippen molar-refractivity contribution < 1.29 is 29.3 Å². The number of carbonyl (C=O) groups is 2. The SMILES string of the molecule is COc1cc(C=C(C#N)C(=O)Nc2ccc(C(=O)O)cc2)cc(OC)c1O. The fraction of sp³-hybridized carbons (Fsp3) is 0.105. The van der Waals surface area contributed by atoms with Crippen LogP contribution >= 0.6 is 0 Å². The zero-order chi connectivity index (χ0) is 20.0. The molecule has 0 spiro atoms. The molecule has 1 amide bonds. The van der Waals surface area contributed by atoms with Crippen molar-refractivity contribution in [2.24, 2.45) is 0 Å². The van der Waals surface area contributed by atoms with Crippen molar-refractivity contribution in [1.82, 2.24) is 0 Å². The zero-order valence-corrected chi connectivity index (χ0v) is 14.5. The summed E-state index contributed by atoms with van der Waals surface area (Å²) in [6.07, 6.45) is 1.31. The Balaban J connectivity index is 2.29. The van der Waals surface area contributed by atoms with Gasteiger partial charge in [0.05, 0.1) is 19.8 Å². The van der Waals surface area contributed by atoms with Crippen LogP contribution in [0.25, 0.3) is 6.08 Å². The van der Waals surface area contributed by atoms with Gasteiger partial charge in [0.25, 0.3) is 5.91 Å². The maximum Gasteiger partial charge on any atom is 0.335 e. The van der Waals surface area contributed by atoms with E-state index in [2.05, 4.69) is 5.32 Å². The number of hydrogen-bond donors (Lipinski definition) is 3. The predicted octanol–water partition coefficient (Wildman–Crippen LogP) is 2.65. The number of rotatable bonds is 6. The third-order valence-electron chi connectivity index (χ3n) is 3.57. The Labute approximate surface area is 154 Å². The summed E-state index contributed by atoms with van der Waals surface area (Å²) in [7, 11) is 2.72. The second-order valence-electron chi connectivity index (χ2n) is 5.28. The van der Waals surface area contributed by atoms with Gasteiger partial charge < -0.3 is 25.0 Å². The van der Waals surface area contributed by atoms with Crippen molar-refractivity contribution in [1.29, 1.82) is 5.26 Å². The van der Waals surface area contributed by atoms with Crippen LogP contribution in [-0.2, 0) is 4.79 Å². The lowest BCUT2D eigenvalue weighted by atomic mass is 10.1. The topological polar surface area (TPSA) is 129 Å². The highest BCUT2D eigenvalue weighted by Gasteiger charge is 2.14. The molecule has 138 valence electrons. The first-order chi connectivity index (χ1) is 12.9. The van der Waals surface area contributed by atoms with Gasteiger partial charge in [-0.15, -0.1) is 0 Å². The molecule has 0 fully saturated rings. The Hall–Kier alpha value is -3.99. The monoisotopic (exact) mass is 368 g/mol. The molecule has 0 aliphatic carbocycles. The molecule has 0 aromatic heterocycles. The van der Waals surface area contributed by atoms with E-state index in [0.29, 0.717) is 11.3 Å². The van der Waals surface area contributed by atoms with Crippen LogP contribution in [0.3, 0.4) is 0 Å². The molecule has 2 aromatic rings. The molecule has 8 nitrogen and oxygen atoms in total. The highest BCUT2D eigenvalue weighted by atomic mass is 16.5. The molecule has 8 heteroatoms. The first kappa shape index (κ1) is 19.3. The summed E-state index contributed by atoms with van der Waals surface area (Å²) in [6, 6.07) is 10.2. The van der Waals surface area contributed by atoms with E-state index in [4.69, 9.17) is 14.6 Å². The molecule has 3 N–H and O–H groups in total. The molecule has 0 aliphatic rings. The summed E-state index contributed by atoms with van der Waals surface area (Å²) in [6.45, 7) is 0. The number of nitriles is 1. The number of carbonyl (C=O) groups excluding carboxylic acids is 1. The standard InChI is InChI=1S/C19H16N2O6/c1-26-15-8-11(9-16(27-2)17(15)22)7-13(10-20)18(23)21-14-5-3-12(4-6-14)19(24)25/h3-9,22H,1-2H3,(H,21,23)(H,24,25). The lowest BCUT2D eigenvalue weighted by molar-refractivity contribution is -0.112. The molecule has 27 heavy (non-hydrogen) atoms. The number of carboxylic acid groups (broad SMARTS) is 1. The summed E-state index contributed by atoms with van der Waals surface area (Å²) in [5.41, 5.74) is 0.626. The lowest BCUT2D eigenvalue weighted by Gasteiger charge is -2.10. The van der Waals surface area contributed by atoms with Crippen molar-refractivity contribution >= 4 is 23.6 Å². The quantitative estimate of drug-likeness (QED) is 0.528. The minimum absolute atomic E-state index is 0.0762. The number of nitrogens with one attached hydrogen (secondary N) is 1. The van der Waals surface area contributed by atoms with Crippen molar-refractivity contribution in [3.05, 3.63) is 53.1 Å². The first-order valence-electron chi connectivity index (χ1n) is 7.61. The van der Waals surface area contributed by atoms with Gasteiger partial charge in [-0.3, -0.25) is 4.79 Å². The van der Waals surface area contributed by atoms with Gasteiger partial charge in [0.2, 0.25) is 5.75 Å². The van der Waals surface area contributed by atoms with E-state index in [0.717, 1.165) is 0 Å². The number of ether oxygens (including phenoxy) is 2. The second kappa shape index (κ2) is 8.40. The summed E-state index contributed by atoms with van der Waals surface area (Å²) >= 11 is 0. The maximum absolute atomic E-state index is 12.3. The van der Waals surface area contributed by atoms with Gasteiger partial charge >= 0.3 is 5.97 Å². The second-order valence-corrected chi connectivity index (χ2v) is 5.28. The zero-order valence-electron chi connectivity index (χ0n) is 14.5. The highest BCUT2D eigenvalue weighted by Crippen LogP contribution is 2.37. The largest absolute Gasteiger partial charge is 0.502 e. The Kier molecular flexibility index (Phi) is 6.02. The number of aromatic hydroxyl groups is 1. The van der Waals surface area contributed by atoms with Gasteiger partial charge in [-0.2, -0.15) is 5.26 Å². The van der Waals surface area contributed by atoms with E-state index in [-0.39, 0.29) is 28.4 Å². The van der Waals surface area contributed by atoms with Crippen molar-refractivity contribution in [3.8, 4) is 23.3 Å². The maximum atomic E-state index is 12.3. The van der Waals surface area contributed by atoms with Crippen molar-refractivity contribution in [3.63, 3.8) is 0 Å². The molecule has 0 saturated heterocycles. The van der Waals surface area contributed by atoms with Gasteiger partial charge in [0.1, 0.15) is 11.6 Å². The fourth-order valence-corrected chi connectivity index (χ4v) is 2.21. The Morgan fingerprint density at radius 3 is 2.11 bits per heavy atom. The molecule has 0 radical (unpaired) electrons. The average Bonchev–Trinajstić information content (AvgIpc) is 2.67. The third kappa shape index (κ3) is 4.55. The number of methoxy groups -OCH3 is 2.